The molecule has 0 radical (unpaired) electrons. The number of hydrogen-bond acceptors (Lipinski definition) is 11. The number of carboxylic acid groups (broad SMARTS) is 1. The van der Waals surface area contributed by atoms with Gasteiger partial charge in [-0.3, -0.25) is 4.79 Å². The Labute approximate surface area is 216 Å². The van der Waals surface area contributed by atoms with E-state index in [-0.39, 0.29) is 31.5 Å². The normalized spacial score (nSPS) is 26.2. The first-order valence-electron chi connectivity index (χ1n) is 12.2. The molecule has 14 heteroatoms. The third-order valence-electron chi connectivity index (χ3n) is 6.41. The molecule has 7 N–H and O–H groups in total. The van der Waals surface area contributed by atoms with E-state index in [2.05, 4.69) is 10.6 Å². The molecule has 14 nitrogen and oxygen atoms in total. The van der Waals surface area contributed by atoms with Gasteiger partial charge in [-0.1, -0.05) is 20.8 Å². The number of rotatable bonds is 16. The Hall–Kier alpha value is -2.07. The minimum atomic E-state index is -1.83. The van der Waals surface area contributed by atoms with Crippen molar-refractivity contribution in [3.63, 3.8) is 0 Å². The summed E-state index contributed by atoms with van der Waals surface area (Å²) in [6, 6.07) is -1.35. The summed E-state index contributed by atoms with van der Waals surface area (Å²) in [5.74, 6) is -2.97. The van der Waals surface area contributed by atoms with Gasteiger partial charge in [-0.2, -0.15) is 0 Å². The number of hydrogen-bond donors (Lipinski definition) is 7. The zero-order valence-corrected chi connectivity index (χ0v) is 21.7. The lowest BCUT2D eigenvalue weighted by molar-refractivity contribution is -0.215. The van der Waals surface area contributed by atoms with Crippen LogP contribution in [0, 0.1) is 17.8 Å². The van der Waals surface area contributed by atoms with Crippen LogP contribution >= 0.6 is 0 Å². The Bertz CT molecular complexity index is 709. The Kier molecular flexibility index (Phi) is 14.9. The Morgan fingerprint density at radius 2 is 1.70 bits per heavy atom. The molecule has 0 bridgehead atoms. The minimum absolute atomic E-state index is 0.0131. The molecule has 216 valence electrons. The van der Waals surface area contributed by atoms with Crippen molar-refractivity contribution in [1.82, 2.24) is 10.6 Å². The maximum absolute atomic E-state index is 12.6. The minimum Gasteiger partial charge on any atom is -0.479 e. The van der Waals surface area contributed by atoms with E-state index < -0.39 is 73.6 Å². The van der Waals surface area contributed by atoms with Crippen molar-refractivity contribution in [2.45, 2.75) is 63.8 Å². The molecule has 1 aliphatic heterocycles. The summed E-state index contributed by atoms with van der Waals surface area (Å²) in [5, 5.41) is 55.2. The van der Waals surface area contributed by atoms with Crippen molar-refractivity contribution >= 4 is 18.0 Å². The zero-order chi connectivity index (χ0) is 28.1. The SMILES string of the molecule is COCCOCCOC(=O)NCC(=O)NC1C(O)C(CC(C)C(C)C)C(C(=O)O)OC1C(O)C(O)CO. The molecule has 1 heterocycles. The summed E-state index contributed by atoms with van der Waals surface area (Å²) < 4.78 is 20.4. The number of carboxylic acids is 1. The molecule has 0 aromatic rings. The second-order valence-electron chi connectivity index (χ2n) is 9.40. The number of alkyl carbamates (subject to hydrolysis) is 1. The van der Waals surface area contributed by atoms with Gasteiger partial charge in [0.2, 0.25) is 5.91 Å². The van der Waals surface area contributed by atoms with Gasteiger partial charge in [0.05, 0.1) is 38.6 Å². The molecule has 0 aromatic carbocycles. The average molecular weight is 539 g/mol. The fourth-order valence-electron chi connectivity index (χ4n) is 3.87. The quantitative estimate of drug-likeness (QED) is 0.107. The Morgan fingerprint density at radius 1 is 1.05 bits per heavy atom. The number of aliphatic hydroxyl groups is 4. The van der Waals surface area contributed by atoms with Crippen LogP contribution in [-0.4, -0.2) is 127 Å². The lowest BCUT2D eigenvalue weighted by Crippen LogP contribution is -2.67. The largest absolute Gasteiger partial charge is 0.479 e. The first-order chi connectivity index (χ1) is 17.4. The monoisotopic (exact) mass is 538 g/mol. The van der Waals surface area contributed by atoms with Crippen LogP contribution in [0.5, 0.6) is 0 Å². The first-order valence-corrected chi connectivity index (χ1v) is 12.2. The van der Waals surface area contributed by atoms with Crippen LogP contribution in [0.2, 0.25) is 0 Å². The third-order valence-corrected chi connectivity index (χ3v) is 6.41. The van der Waals surface area contributed by atoms with Crippen molar-refractivity contribution in [1.29, 1.82) is 0 Å². The number of amides is 2. The smallest absolute Gasteiger partial charge is 0.407 e. The van der Waals surface area contributed by atoms with Gasteiger partial charge in [-0.05, 0) is 18.3 Å². The van der Waals surface area contributed by atoms with Gasteiger partial charge in [0, 0.05) is 13.0 Å². The second kappa shape index (κ2) is 16.7. The van der Waals surface area contributed by atoms with Crippen LogP contribution in [0.3, 0.4) is 0 Å². The molecule has 1 rings (SSSR count). The van der Waals surface area contributed by atoms with Gasteiger partial charge in [0.1, 0.15) is 31.5 Å². The fourth-order valence-corrected chi connectivity index (χ4v) is 3.87. The van der Waals surface area contributed by atoms with Crippen LogP contribution in [0.15, 0.2) is 0 Å². The summed E-state index contributed by atoms with van der Waals surface area (Å²) in [5.41, 5.74) is 0. The lowest BCUT2D eigenvalue weighted by atomic mass is 9.76. The number of aliphatic carboxylic acids is 1. The van der Waals surface area contributed by atoms with E-state index in [1.807, 2.05) is 20.8 Å². The van der Waals surface area contributed by atoms with E-state index in [0.29, 0.717) is 13.2 Å². The van der Waals surface area contributed by atoms with Crippen molar-refractivity contribution in [2.75, 3.05) is 46.7 Å². The first kappa shape index (κ1) is 33.0. The molecular formula is C23H42N2O12. The van der Waals surface area contributed by atoms with Crippen LogP contribution < -0.4 is 10.6 Å². The van der Waals surface area contributed by atoms with Gasteiger partial charge in [-0.25, -0.2) is 9.59 Å². The summed E-state index contributed by atoms with van der Waals surface area (Å²) in [6.07, 6.45) is -8.79. The van der Waals surface area contributed by atoms with Crippen LogP contribution in [0.25, 0.3) is 0 Å². The molecule has 0 saturated carbocycles. The standard InChI is InChI=1S/C23H42N2O12/c1-12(2)13(3)9-14-18(29)17(21(19(30)15(27)11-26)37-20(14)22(31)32)25-16(28)10-24-23(33)36-8-7-35-6-5-34-4/h12-15,17-21,26-27,29-30H,5-11H2,1-4H3,(H,24,33)(H,25,28)(H,31,32). The summed E-state index contributed by atoms with van der Waals surface area (Å²) in [7, 11) is 1.52. The Balaban J connectivity index is 2.89. The van der Waals surface area contributed by atoms with Crippen molar-refractivity contribution in [2.24, 2.45) is 17.8 Å². The van der Waals surface area contributed by atoms with E-state index in [1.165, 1.54) is 7.11 Å². The number of methoxy groups -OCH3 is 1. The highest BCUT2D eigenvalue weighted by Crippen LogP contribution is 2.34. The maximum atomic E-state index is 12.6. The van der Waals surface area contributed by atoms with Crippen molar-refractivity contribution in [3.8, 4) is 0 Å². The molecule has 1 fully saturated rings. The summed E-state index contributed by atoms with van der Waals surface area (Å²) >= 11 is 0. The molecule has 8 unspecified atom stereocenters. The van der Waals surface area contributed by atoms with Gasteiger partial charge in [-0.15, -0.1) is 0 Å². The predicted octanol–water partition coefficient (Wildman–Crippen LogP) is -1.91. The van der Waals surface area contributed by atoms with Crippen LogP contribution in [0.1, 0.15) is 27.2 Å². The lowest BCUT2D eigenvalue weighted by Gasteiger charge is -2.46. The molecule has 0 spiro atoms. The molecule has 0 aliphatic carbocycles. The van der Waals surface area contributed by atoms with E-state index in [1.54, 1.807) is 0 Å². The number of carbonyl (C=O) groups excluding carboxylic acids is 2. The summed E-state index contributed by atoms with van der Waals surface area (Å²) in [4.78, 5) is 36.3. The van der Waals surface area contributed by atoms with E-state index >= 15 is 0 Å². The number of carbonyl (C=O) groups is 3. The van der Waals surface area contributed by atoms with Crippen LogP contribution in [0.4, 0.5) is 4.79 Å². The molecule has 1 saturated heterocycles. The molecule has 8 atom stereocenters. The third kappa shape index (κ3) is 10.7. The second-order valence-corrected chi connectivity index (χ2v) is 9.40. The van der Waals surface area contributed by atoms with E-state index in [9.17, 15) is 39.9 Å². The highest BCUT2D eigenvalue weighted by atomic mass is 16.6. The molecular weight excluding hydrogens is 496 g/mol. The highest BCUT2D eigenvalue weighted by Gasteiger charge is 2.51. The highest BCUT2D eigenvalue weighted by molar-refractivity contribution is 5.82. The van der Waals surface area contributed by atoms with Gasteiger partial charge in [0.25, 0.3) is 0 Å². The van der Waals surface area contributed by atoms with E-state index in [0.717, 1.165) is 0 Å². The van der Waals surface area contributed by atoms with Gasteiger partial charge >= 0.3 is 12.1 Å². The van der Waals surface area contributed by atoms with E-state index in [4.69, 9.17) is 18.9 Å². The molecule has 1 aliphatic rings. The van der Waals surface area contributed by atoms with Crippen molar-refractivity contribution in [3.05, 3.63) is 0 Å². The topological polar surface area (TPSA) is 213 Å². The number of nitrogens with one attached hydrogen (secondary N) is 2. The van der Waals surface area contributed by atoms with Gasteiger partial charge in [0.15, 0.2) is 6.10 Å². The van der Waals surface area contributed by atoms with Crippen LogP contribution in [-0.2, 0) is 28.5 Å². The molecule has 2 amide bonds. The number of aliphatic hydroxyl groups excluding tert-OH is 4. The molecule has 0 aromatic heterocycles. The predicted molar refractivity (Wildman–Crippen MR) is 127 cm³/mol. The number of ether oxygens (including phenoxy) is 4. The zero-order valence-electron chi connectivity index (χ0n) is 21.7. The fraction of sp³-hybridized carbons (Fsp3) is 0.870. The molecule has 37 heavy (non-hydrogen) atoms. The van der Waals surface area contributed by atoms with Gasteiger partial charge < -0.3 is 55.1 Å². The summed E-state index contributed by atoms with van der Waals surface area (Å²) in [6.45, 7) is 5.12. The average Bonchev–Trinajstić information content (AvgIpc) is 2.85. The maximum Gasteiger partial charge on any atom is 0.407 e. The van der Waals surface area contributed by atoms with Crippen molar-refractivity contribution < 1.29 is 58.9 Å². The Morgan fingerprint density at radius 3 is 2.27 bits per heavy atom.